The number of rotatable bonds is 5. The van der Waals surface area contributed by atoms with Crippen LogP contribution >= 0.6 is 25.0 Å². The first-order chi connectivity index (χ1) is 14.1. The molecule has 0 radical (unpaired) electrons. The molecule has 0 aliphatic heterocycles. The molecule has 3 fully saturated rings. The monoisotopic (exact) mass is 543 g/mol. The van der Waals surface area contributed by atoms with Gasteiger partial charge < -0.3 is 0 Å². The molecule has 0 N–H and O–H groups in total. The van der Waals surface area contributed by atoms with Crippen molar-refractivity contribution in [3.8, 4) is 0 Å². The molecule has 0 unspecified atom stereocenters. The first-order valence-electron chi connectivity index (χ1n) is 12.2. The van der Waals surface area contributed by atoms with E-state index in [0.717, 1.165) is 17.0 Å². The second-order valence-corrected chi connectivity index (χ2v) is 32.8. The van der Waals surface area contributed by atoms with E-state index in [9.17, 15) is 0 Å². The van der Waals surface area contributed by atoms with E-state index in [1.54, 1.807) is 0 Å². The number of benzene rings is 1. The minimum absolute atomic E-state index is 0.893. The molecule has 167 valence electrons. The Morgan fingerprint density at radius 1 is 0.621 bits per heavy atom. The van der Waals surface area contributed by atoms with Gasteiger partial charge in [0.25, 0.3) is 0 Å². The predicted octanol–water partition coefficient (Wildman–Crippen LogP) is 8.96. The fourth-order valence-corrected chi connectivity index (χ4v) is 42.9. The Bertz CT molecular complexity index is 634. The average Bonchev–Trinajstić information content (AvgIpc) is 2.77. The fourth-order valence-electron chi connectivity index (χ4n) is 6.95. The molecular weight excluding hydrogens is 503 g/mol. The molecule has 3 aliphatic rings. The molecule has 0 bridgehead atoms. The Morgan fingerprint density at radius 2 is 1.00 bits per heavy atom. The van der Waals surface area contributed by atoms with Crippen molar-refractivity contribution in [1.82, 2.24) is 0 Å². The van der Waals surface area contributed by atoms with Crippen LogP contribution in [0.3, 0.4) is 0 Å². The first kappa shape index (κ1) is 22.9. The van der Waals surface area contributed by atoms with Crippen molar-refractivity contribution in [2.75, 3.05) is 0 Å². The van der Waals surface area contributed by atoms with Crippen LogP contribution in [0.25, 0.3) is 0 Å². The third-order valence-electron chi connectivity index (χ3n) is 8.12. The summed E-state index contributed by atoms with van der Waals surface area (Å²) in [5.41, 5.74) is 2.11. The third kappa shape index (κ3) is 4.90. The number of hydrogen-bond acceptors (Lipinski definition) is 0. The van der Waals surface area contributed by atoms with Gasteiger partial charge in [-0.25, -0.2) is 0 Å². The summed E-state index contributed by atoms with van der Waals surface area (Å²) in [7, 11) is 15.7. The topological polar surface area (TPSA) is 0 Å². The summed E-state index contributed by atoms with van der Waals surface area (Å²) < 4.78 is 2.48. The van der Waals surface area contributed by atoms with E-state index in [2.05, 4.69) is 34.9 Å². The molecule has 4 rings (SSSR count). The standard InChI is InChI=1S/C18H33P.C7H6.2ClH.Ru/c1-4-10-16(11-5-1)19(17-12-6-2-7-13-17)18-14-8-3-9-15-18;1-7-5-3-2-4-6-7;;;/h16-18H,1-15H2;1-6H;2*1H;/q;;;;+1/p-1. The fraction of sp³-hybridized carbons (Fsp3) is 0.720. The van der Waals surface area contributed by atoms with Gasteiger partial charge in [0.15, 0.2) is 0 Å². The van der Waals surface area contributed by atoms with Crippen LogP contribution in [0.4, 0.5) is 0 Å². The van der Waals surface area contributed by atoms with Crippen LogP contribution in [-0.2, 0) is 11.9 Å². The second-order valence-electron chi connectivity index (χ2n) is 9.76. The minimum atomic E-state index is -2.95. The third-order valence-corrected chi connectivity index (χ3v) is 37.7. The van der Waals surface area contributed by atoms with Crippen molar-refractivity contribution in [3.63, 3.8) is 0 Å². The zero-order chi connectivity index (χ0) is 20.2. The van der Waals surface area contributed by atoms with Gasteiger partial charge in [0.2, 0.25) is 0 Å². The van der Waals surface area contributed by atoms with Crippen molar-refractivity contribution in [2.45, 2.75) is 113 Å². The van der Waals surface area contributed by atoms with Crippen LogP contribution in [0, 0.1) is 0 Å². The maximum atomic E-state index is 7.84. The molecule has 0 heterocycles. The van der Waals surface area contributed by atoms with E-state index in [1.165, 1.54) is 102 Å². The molecule has 0 amide bonds. The normalized spacial score (nSPS) is 24.9. The van der Waals surface area contributed by atoms with Crippen LogP contribution in [0.5, 0.6) is 0 Å². The van der Waals surface area contributed by atoms with Gasteiger partial charge in [0.1, 0.15) is 0 Å². The zero-order valence-corrected chi connectivity index (χ0v) is 22.2. The Morgan fingerprint density at radius 3 is 1.38 bits per heavy atom. The van der Waals surface area contributed by atoms with Crippen LogP contribution in [0.2, 0.25) is 0 Å². The number of hydrogen-bond donors (Lipinski definition) is 0. The molecule has 29 heavy (non-hydrogen) atoms. The molecule has 0 saturated heterocycles. The zero-order valence-electron chi connectivity index (χ0n) is 17.9. The molecule has 0 nitrogen and oxygen atoms in total. The van der Waals surface area contributed by atoms with Gasteiger partial charge in [-0.3, -0.25) is 0 Å². The van der Waals surface area contributed by atoms with E-state index in [-0.39, 0.29) is 0 Å². The summed E-state index contributed by atoms with van der Waals surface area (Å²) >= 11 is -2.95. The summed E-state index contributed by atoms with van der Waals surface area (Å²) in [4.78, 5) is 0. The van der Waals surface area contributed by atoms with Gasteiger partial charge in [-0.1, -0.05) is 0 Å². The van der Waals surface area contributed by atoms with Gasteiger partial charge in [-0.2, -0.15) is 0 Å². The first-order valence-corrected chi connectivity index (χ1v) is 22.3. The molecular formula is C25H40Cl2PRu. The molecule has 1 aromatic rings. The molecule has 3 aliphatic carbocycles. The summed E-state index contributed by atoms with van der Waals surface area (Å²) in [6, 6.07) is 10.9. The maximum absolute atomic E-state index is 7.84. The SMILES string of the molecule is [Cl][Ru]([Cl])(=[CH]c1ccccc1)[PH](C1CCCCC1)(C1CCCCC1)C1CCCCC1. The van der Waals surface area contributed by atoms with Crippen molar-refractivity contribution < 1.29 is 11.9 Å². The quantitative estimate of drug-likeness (QED) is 0.257. The van der Waals surface area contributed by atoms with Crippen LogP contribution in [0.15, 0.2) is 30.3 Å². The summed E-state index contributed by atoms with van der Waals surface area (Å²) in [5.74, 6) is 0. The van der Waals surface area contributed by atoms with E-state index in [0.29, 0.717) is 0 Å². The number of halogens is 2. The summed E-state index contributed by atoms with van der Waals surface area (Å²) in [6.07, 6.45) is 21.4. The van der Waals surface area contributed by atoms with E-state index >= 15 is 0 Å². The van der Waals surface area contributed by atoms with Gasteiger partial charge in [-0.15, -0.1) is 0 Å². The molecule has 3 saturated carbocycles. The predicted molar refractivity (Wildman–Crippen MR) is 132 cm³/mol. The van der Waals surface area contributed by atoms with E-state index in [1.807, 2.05) is 0 Å². The van der Waals surface area contributed by atoms with Gasteiger partial charge in [0.05, 0.1) is 0 Å². The van der Waals surface area contributed by atoms with Gasteiger partial charge in [-0.05, 0) is 0 Å². The second kappa shape index (κ2) is 10.6. The molecule has 1 aromatic carbocycles. The van der Waals surface area contributed by atoms with Crippen molar-refractivity contribution >= 4 is 29.6 Å². The average molecular weight is 544 g/mol. The van der Waals surface area contributed by atoms with Crippen molar-refractivity contribution in [3.05, 3.63) is 35.9 Å². The van der Waals surface area contributed by atoms with Crippen LogP contribution in [0.1, 0.15) is 102 Å². The van der Waals surface area contributed by atoms with Crippen LogP contribution in [-0.4, -0.2) is 21.6 Å². The summed E-state index contributed by atoms with van der Waals surface area (Å²) in [5, 5.41) is 0. The Balaban J connectivity index is 1.86. The Labute approximate surface area is 189 Å². The van der Waals surface area contributed by atoms with Crippen LogP contribution < -0.4 is 0 Å². The van der Waals surface area contributed by atoms with Crippen molar-refractivity contribution in [1.29, 1.82) is 0 Å². The summed E-state index contributed by atoms with van der Waals surface area (Å²) in [6.45, 7) is 0. The van der Waals surface area contributed by atoms with E-state index < -0.39 is 17.5 Å². The Kier molecular flexibility index (Phi) is 8.34. The Hall–Kier alpha value is 0.723. The van der Waals surface area contributed by atoms with Gasteiger partial charge >= 0.3 is 191 Å². The van der Waals surface area contributed by atoms with Crippen molar-refractivity contribution in [2.24, 2.45) is 0 Å². The molecule has 4 heteroatoms. The molecule has 0 atom stereocenters. The van der Waals surface area contributed by atoms with E-state index in [4.69, 9.17) is 19.4 Å². The molecule has 0 aromatic heterocycles. The van der Waals surface area contributed by atoms with Gasteiger partial charge in [0, 0.05) is 0 Å². The molecule has 0 spiro atoms.